The molecule has 2 saturated heterocycles. The van der Waals surface area contributed by atoms with Gasteiger partial charge in [-0.3, -0.25) is 4.79 Å². The summed E-state index contributed by atoms with van der Waals surface area (Å²) >= 11 is 0. The fraction of sp³-hybridized carbons (Fsp3) is 0.256. The summed E-state index contributed by atoms with van der Waals surface area (Å²) in [7, 11) is 1.26. The van der Waals surface area contributed by atoms with Crippen LogP contribution in [-0.4, -0.2) is 62.0 Å². The summed E-state index contributed by atoms with van der Waals surface area (Å²) < 4.78 is 20.5. The standard InChI is InChI=1S/C39H37FN8O3/c1-51-39(50)47-35(23-7-3-2-4-8-23)38(49)48-18-6-10-34(48)37-43-22-33(46-37)27-14-11-26(20-28(27)40)30-15-12-24-19-25(13-16-29(24)44-30)32-21-42-36(45-32)31-9-5-17-41-31/h2-4,7-8,11-16,19-22,31,34-35,41H,5-6,9-10,17-18H2,1H3,(H,42,45)(H,43,46)(H,47,50)/t31-,34-,35+/m0/s1. The van der Waals surface area contributed by atoms with E-state index in [0.717, 1.165) is 53.8 Å². The predicted molar refractivity (Wildman–Crippen MR) is 191 cm³/mol. The number of likely N-dealkylation sites (tertiary alicyclic amines) is 1. The van der Waals surface area contributed by atoms with E-state index in [2.05, 4.69) is 36.6 Å². The number of nitrogens with one attached hydrogen (secondary N) is 4. The minimum atomic E-state index is -0.923. The molecule has 6 aromatic rings. The lowest BCUT2D eigenvalue weighted by Crippen LogP contribution is -2.42. The van der Waals surface area contributed by atoms with Crippen molar-refractivity contribution in [2.24, 2.45) is 0 Å². The number of nitrogens with zero attached hydrogens (tertiary/aromatic N) is 4. The Hall–Kier alpha value is -5.88. The number of aromatic nitrogens is 5. The summed E-state index contributed by atoms with van der Waals surface area (Å²) in [6, 6.07) is 23.1. The molecule has 2 aliphatic rings. The molecule has 4 N–H and O–H groups in total. The molecule has 3 aromatic heterocycles. The molecule has 3 aromatic carbocycles. The third-order valence-electron chi connectivity index (χ3n) is 9.82. The number of carbonyl (C=O) groups is 2. The highest BCUT2D eigenvalue weighted by molar-refractivity contribution is 5.88. The van der Waals surface area contributed by atoms with Gasteiger partial charge in [0.05, 0.1) is 54.2 Å². The second-order valence-corrected chi connectivity index (χ2v) is 13.0. The molecule has 51 heavy (non-hydrogen) atoms. The number of ether oxygens (including phenoxy) is 1. The average Bonchev–Trinajstić information content (AvgIpc) is 4.00. The second kappa shape index (κ2) is 13.8. The maximum Gasteiger partial charge on any atom is 0.407 e. The average molecular weight is 685 g/mol. The van der Waals surface area contributed by atoms with Crippen LogP contribution in [0.4, 0.5) is 9.18 Å². The number of methoxy groups -OCH3 is 1. The molecular formula is C39H37FN8O3. The zero-order valence-electron chi connectivity index (χ0n) is 28.0. The molecule has 2 fully saturated rings. The number of rotatable bonds is 8. The summed E-state index contributed by atoms with van der Waals surface area (Å²) in [5.74, 6) is 0.832. The molecule has 0 bridgehead atoms. The van der Waals surface area contributed by atoms with Crippen LogP contribution in [0, 0.1) is 5.82 Å². The molecule has 12 heteroatoms. The van der Waals surface area contributed by atoms with Crippen LogP contribution in [0.2, 0.25) is 0 Å². The molecule has 8 rings (SSSR count). The van der Waals surface area contributed by atoms with Crippen molar-refractivity contribution in [1.29, 1.82) is 0 Å². The van der Waals surface area contributed by atoms with Gasteiger partial charge in [-0.25, -0.2) is 24.1 Å². The summed E-state index contributed by atoms with van der Waals surface area (Å²) in [4.78, 5) is 48.4. The van der Waals surface area contributed by atoms with Crippen molar-refractivity contribution in [3.8, 4) is 33.8 Å². The van der Waals surface area contributed by atoms with Crippen LogP contribution < -0.4 is 10.6 Å². The summed E-state index contributed by atoms with van der Waals surface area (Å²) in [5.41, 5.74) is 5.63. The summed E-state index contributed by atoms with van der Waals surface area (Å²) in [6.45, 7) is 1.51. The van der Waals surface area contributed by atoms with E-state index in [9.17, 15) is 9.59 Å². The van der Waals surface area contributed by atoms with Crippen LogP contribution in [0.5, 0.6) is 0 Å². The van der Waals surface area contributed by atoms with E-state index in [4.69, 9.17) is 9.72 Å². The van der Waals surface area contributed by atoms with Gasteiger partial charge in [0, 0.05) is 28.6 Å². The lowest BCUT2D eigenvalue weighted by molar-refractivity contribution is -0.134. The van der Waals surface area contributed by atoms with Crippen LogP contribution in [-0.2, 0) is 9.53 Å². The molecule has 2 aliphatic heterocycles. The van der Waals surface area contributed by atoms with Gasteiger partial charge in [-0.05, 0) is 68.1 Å². The minimum Gasteiger partial charge on any atom is -0.453 e. The molecular weight excluding hydrogens is 647 g/mol. The second-order valence-electron chi connectivity index (χ2n) is 13.0. The van der Waals surface area contributed by atoms with Gasteiger partial charge in [0.1, 0.15) is 23.5 Å². The van der Waals surface area contributed by atoms with E-state index in [-0.39, 0.29) is 18.0 Å². The Morgan fingerprint density at radius 1 is 0.902 bits per heavy atom. The zero-order valence-corrected chi connectivity index (χ0v) is 28.0. The van der Waals surface area contributed by atoms with Crippen LogP contribution in [0.25, 0.3) is 44.7 Å². The highest BCUT2D eigenvalue weighted by Crippen LogP contribution is 2.35. The predicted octanol–water partition coefficient (Wildman–Crippen LogP) is 7.01. The van der Waals surface area contributed by atoms with Gasteiger partial charge in [-0.15, -0.1) is 0 Å². The number of pyridine rings is 1. The van der Waals surface area contributed by atoms with Gasteiger partial charge in [0.25, 0.3) is 5.91 Å². The largest absolute Gasteiger partial charge is 0.453 e. The highest BCUT2D eigenvalue weighted by Gasteiger charge is 2.37. The van der Waals surface area contributed by atoms with E-state index in [1.807, 2.05) is 54.7 Å². The van der Waals surface area contributed by atoms with Crippen LogP contribution in [0.3, 0.4) is 0 Å². The van der Waals surface area contributed by atoms with E-state index >= 15 is 4.39 Å². The molecule has 258 valence electrons. The van der Waals surface area contributed by atoms with E-state index in [0.29, 0.717) is 46.9 Å². The molecule has 2 amide bonds. The van der Waals surface area contributed by atoms with E-state index in [1.165, 1.54) is 13.2 Å². The van der Waals surface area contributed by atoms with Gasteiger partial charge in [-0.2, -0.15) is 0 Å². The number of benzene rings is 3. The fourth-order valence-corrected chi connectivity index (χ4v) is 7.16. The van der Waals surface area contributed by atoms with Crippen molar-refractivity contribution in [1.82, 2.24) is 40.5 Å². The van der Waals surface area contributed by atoms with Crippen molar-refractivity contribution < 1.29 is 18.7 Å². The number of imidazole rings is 2. The molecule has 3 atom stereocenters. The Bertz CT molecular complexity index is 2210. The van der Waals surface area contributed by atoms with Crippen LogP contribution >= 0.6 is 0 Å². The first-order valence-electron chi connectivity index (χ1n) is 17.2. The fourth-order valence-electron chi connectivity index (χ4n) is 7.16. The zero-order chi connectivity index (χ0) is 34.9. The van der Waals surface area contributed by atoms with Gasteiger partial charge >= 0.3 is 6.09 Å². The Labute approximate surface area is 293 Å². The monoisotopic (exact) mass is 684 g/mol. The lowest BCUT2D eigenvalue weighted by atomic mass is 10.0. The van der Waals surface area contributed by atoms with Crippen molar-refractivity contribution >= 4 is 22.9 Å². The van der Waals surface area contributed by atoms with Gasteiger partial charge in [0.2, 0.25) is 0 Å². The molecule has 0 aliphatic carbocycles. The van der Waals surface area contributed by atoms with Crippen molar-refractivity contribution in [3.63, 3.8) is 0 Å². The van der Waals surface area contributed by atoms with Gasteiger partial charge in [0.15, 0.2) is 0 Å². The Morgan fingerprint density at radius 2 is 1.71 bits per heavy atom. The molecule has 11 nitrogen and oxygen atoms in total. The first kappa shape index (κ1) is 32.3. The minimum absolute atomic E-state index is 0.269. The number of H-pyrrole nitrogens is 2. The first-order valence-corrected chi connectivity index (χ1v) is 17.2. The van der Waals surface area contributed by atoms with Crippen molar-refractivity contribution in [3.05, 3.63) is 114 Å². The normalized spacial score (nSPS) is 17.9. The van der Waals surface area contributed by atoms with E-state index < -0.39 is 18.0 Å². The Morgan fingerprint density at radius 3 is 2.51 bits per heavy atom. The number of amides is 2. The number of fused-ring (bicyclic) bond motifs is 1. The molecule has 0 spiro atoms. The van der Waals surface area contributed by atoms with Gasteiger partial charge < -0.3 is 30.2 Å². The maximum atomic E-state index is 15.7. The quantitative estimate of drug-likeness (QED) is 0.135. The third kappa shape index (κ3) is 6.45. The van der Waals surface area contributed by atoms with Crippen LogP contribution in [0.1, 0.15) is 61.0 Å². The lowest BCUT2D eigenvalue weighted by Gasteiger charge is -2.28. The van der Waals surface area contributed by atoms with Crippen molar-refractivity contribution in [2.75, 3.05) is 20.2 Å². The summed E-state index contributed by atoms with van der Waals surface area (Å²) in [6.07, 6.45) is 6.44. The van der Waals surface area contributed by atoms with E-state index in [1.54, 1.807) is 29.3 Å². The molecule has 5 heterocycles. The topological polar surface area (TPSA) is 141 Å². The number of aromatic amines is 2. The molecule has 0 saturated carbocycles. The number of hydrogen-bond acceptors (Lipinski definition) is 7. The smallest absolute Gasteiger partial charge is 0.407 e. The SMILES string of the molecule is COC(=O)N[C@@H](C(=O)N1CCC[C@H]1c1ncc(-c2ccc(-c3ccc4cc(-c5cnc([C@@H]6CCCN6)[nH]5)ccc4n3)cc2F)[nH]1)c1ccccc1. The Kier molecular flexibility index (Phi) is 8.74. The number of hydrogen-bond donors (Lipinski definition) is 4. The summed E-state index contributed by atoms with van der Waals surface area (Å²) in [5, 5.41) is 7.13. The molecule has 0 unspecified atom stereocenters. The van der Waals surface area contributed by atoms with Gasteiger partial charge in [-0.1, -0.05) is 48.5 Å². The Balaban J connectivity index is 0.995. The number of alkyl carbamates (subject to hydrolysis) is 1. The van der Waals surface area contributed by atoms with Crippen molar-refractivity contribution in [2.45, 2.75) is 43.8 Å². The maximum absolute atomic E-state index is 15.7. The third-order valence-corrected chi connectivity index (χ3v) is 9.82. The molecule has 0 radical (unpaired) electrons. The number of carbonyl (C=O) groups excluding carboxylic acids is 2. The number of halogens is 1. The van der Waals surface area contributed by atoms with Crippen LogP contribution in [0.15, 0.2) is 91.3 Å². The highest BCUT2D eigenvalue weighted by atomic mass is 19.1. The first-order chi connectivity index (χ1) is 24.9.